The van der Waals surface area contributed by atoms with E-state index in [4.69, 9.17) is 9.47 Å². The third-order valence-electron chi connectivity index (χ3n) is 4.58. The molecule has 0 spiro atoms. The monoisotopic (exact) mass is 415 g/mol. The van der Waals surface area contributed by atoms with Gasteiger partial charge in [-0.05, 0) is 35.9 Å². The summed E-state index contributed by atoms with van der Waals surface area (Å²) < 4.78 is 26.1. The fourth-order valence-corrected chi connectivity index (χ4v) is 4.36. The number of phenols is 1. The first-order valence-corrected chi connectivity index (χ1v) is 9.76. The lowest BCUT2D eigenvalue weighted by Gasteiger charge is -2.20. The van der Waals surface area contributed by atoms with E-state index in [1.54, 1.807) is 35.2 Å². The number of thioether (sulfide) groups is 1. The second-order valence-electron chi connectivity index (χ2n) is 6.34. The van der Waals surface area contributed by atoms with Crippen molar-refractivity contribution in [1.82, 2.24) is 9.55 Å². The number of fused-ring (bicyclic) bond motifs is 1. The number of aromatic hydroxyl groups is 1. The van der Waals surface area contributed by atoms with E-state index < -0.39 is 0 Å². The number of carbonyl (C=O) groups is 1. The largest absolute Gasteiger partial charge is 0.502 e. The summed E-state index contributed by atoms with van der Waals surface area (Å²) >= 11 is 1.39. The minimum Gasteiger partial charge on any atom is -0.502 e. The normalized spacial score (nSPS) is 16.0. The molecule has 0 radical (unpaired) electrons. The van der Waals surface area contributed by atoms with E-state index in [9.17, 15) is 14.3 Å². The van der Waals surface area contributed by atoms with Crippen molar-refractivity contribution in [1.29, 1.82) is 0 Å². The van der Waals surface area contributed by atoms with Crippen molar-refractivity contribution in [2.45, 2.75) is 5.25 Å². The number of nitrogens with one attached hydrogen (secondary N) is 1. The summed E-state index contributed by atoms with van der Waals surface area (Å²) in [4.78, 5) is 16.5. The Balaban J connectivity index is 1.91. The summed E-state index contributed by atoms with van der Waals surface area (Å²) in [5.41, 5.74) is 2.01. The highest BCUT2D eigenvalue weighted by atomic mass is 32.2. The summed E-state index contributed by atoms with van der Waals surface area (Å²) in [6.07, 6.45) is 1.55. The molecule has 2 heterocycles. The number of imidazole rings is 1. The molecule has 29 heavy (non-hydrogen) atoms. The van der Waals surface area contributed by atoms with E-state index in [0.29, 0.717) is 17.2 Å². The summed E-state index contributed by atoms with van der Waals surface area (Å²) in [6, 6.07) is 9.52. The Bertz CT molecular complexity index is 1060. The zero-order chi connectivity index (χ0) is 20.5. The van der Waals surface area contributed by atoms with Crippen LogP contribution >= 0.6 is 11.8 Å². The van der Waals surface area contributed by atoms with Crippen LogP contribution in [-0.2, 0) is 4.79 Å². The maximum Gasteiger partial charge on any atom is 0.235 e. The van der Waals surface area contributed by atoms with Gasteiger partial charge in [0.15, 0.2) is 17.3 Å². The van der Waals surface area contributed by atoms with Gasteiger partial charge in [-0.15, -0.1) is 11.8 Å². The summed E-state index contributed by atoms with van der Waals surface area (Å²) in [5, 5.41) is 12.7. The molecular weight excluding hydrogens is 397 g/mol. The van der Waals surface area contributed by atoms with Crippen LogP contribution in [0.2, 0.25) is 0 Å². The lowest BCUT2D eigenvalue weighted by atomic mass is 10.1. The second kappa shape index (κ2) is 7.67. The second-order valence-corrected chi connectivity index (χ2v) is 7.43. The van der Waals surface area contributed by atoms with Gasteiger partial charge in [-0.25, -0.2) is 9.37 Å². The molecule has 2 aromatic carbocycles. The summed E-state index contributed by atoms with van der Waals surface area (Å²) in [7, 11) is 2.90. The average molecular weight is 415 g/mol. The van der Waals surface area contributed by atoms with Crippen molar-refractivity contribution in [3.05, 3.63) is 59.8 Å². The topological polar surface area (TPSA) is 85.6 Å². The fraction of sp³-hybridized carbons (Fsp3) is 0.200. The number of nitrogens with zero attached hydrogens (tertiary/aromatic N) is 2. The number of phenolic OH excluding ortho intramolecular Hbond substituents is 1. The van der Waals surface area contributed by atoms with Crippen LogP contribution in [0, 0.1) is 5.82 Å². The van der Waals surface area contributed by atoms with Crippen LogP contribution in [0.4, 0.5) is 10.2 Å². The Morgan fingerprint density at radius 2 is 1.97 bits per heavy atom. The first kappa shape index (κ1) is 19.1. The molecule has 0 fully saturated rings. The molecule has 0 aliphatic carbocycles. The number of amides is 1. The molecule has 0 bridgehead atoms. The number of hydrogen-bond acceptors (Lipinski definition) is 6. The highest BCUT2D eigenvalue weighted by Gasteiger charge is 2.30. The summed E-state index contributed by atoms with van der Waals surface area (Å²) in [6.45, 7) is 0. The molecule has 0 unspecified atom stereocenters. The van der Waals surface area contributed by atoms with Gasteiger partial charge in [0.25, 0.3) is 0 Å². The van der Waals surface area contributed by atoms with Gasteiger partial charge in [0.1, 0.15) is 12.1 Å². The standard InChI is InChI=1S/C20H18FN3O4S/c1-27-14-6-11(7-15(28-2)18(14)26)19-17-20(23-16(25)9-29-19)22-10-24(17)13-5-3-4-12(21)8-13/h3-8,10,19,26H,9H2,1-2H3,(H,23,25)/t19-/m0/s1. The van der Waals surface area contributed by atoms with Crippen LogP contribution in [0.3, 0.4) is 0 Å². The minimum absolute atomic E-state index is 0.106. The highest BCUT2D eigenvalue weighted by molar-refractivity contribution is 8.00. The van der Waals surface area contributed by atoms with Crippen molar-refractivity contribution in [2.24, 2.45) is 0 Å². The van der Waals surface area contributed by atoms with Crippen molar-refractivity contribution in [2.75, 3.05) is 25.3 Å². The van der Waals surface area contributed by atoms with E-state index in [2.05, 4.69) is 10.3 Å². The zero-order valence-electron chi connectivity index (χ0n) is 15.7. The number of hydrogen-bond donors (Lipinski definition) is 2. The molecule has 2 N–H and O–H groups in total. The molecule has 9 heteroatoms. The first-order chi connectivity index (χ1) is 14.0. The van der Waals surface area contributed by atoms with Crippen LogP contribution in [-0.4, -0.2) is 40.5 Å². The van der Waals surface area contributed by atoms with Crippen molar-refractivity contribution < 1.29 is 23.8 Å². The lowest BCUT2D eigenvalue weighted by molar-refractivity contribution is -0.113. The number of ether oxygens (including phenoxy) is 2. The van der Waals surface area contributed by atoms with Gasteiger partial charge < -0.3 is 19.9 Å². The van der Waals surface area contributed by atoms with Gasteiger partial charge in [-0.1, -0.05) is 6.07 Å². The van der Waals surface area contributed by atoms with Crippen molar-refractivity contribution >= 4 is 23.5 Å². The van der Waals surface area contributed by atoms with E-state index in [1.165, 1.54) is 38.1 Å². The Labute approximate surface area is 170 Å². The molecule has 0 saturated carbocycles. The number of halogens is 1. The lowest BCUT2D eigenvalue weighted by Crippen LogP contribution is -2.12. The van der Waals surface area contributed by atoms with Crippen LogP contribution in [0.1, 0.15) is 16.5 Å². The Morgan fingerprint density at radius 3 is 2.62 bits per heavy atom. The van der Waals surface area contributed by atoms with Gasteiger partial charge in [0.05, 0.1) is 30.9 Å². The number of aromatic nitrogens is 2. The molecule has 7 nitrogen and oxygen atoms in total. The van der Waals surface area contributed by atoms with Gasteiger partial charge in [0.2, 0.25) is 11.7 Å². The smallest absolute Gasteiger partial charge is 0.235 e. The molecule has 1 aliphatic heterocycles. The number of benzene rings is 2. The van der Waals surface area contributed by atoms with Gasteiger partial charge in [-0.3, -0.25) is 9.36 Å². The highest BCUT2D eigenvalue weighted by Crippen LogP contribution is 2.46. The molecule has 1 aromatic heterocycles. The number of methoxy groups -OCH3 is 2. The van der Waals surface area contributed by atoms with E-state index in [0.717, 1.165) is 5.56 Å². The molecule has 3 aromatic rings. The molecule has 1 amide bonds. The van der Waals surface area contributed by atoms with E-state index in [1.807, 2.05) is 0 Å². The number of rotatable bonds is 4. The maximum atomic E-state index is 13.8. The van der Waals surface area contributed by atoms with Crippen LogP contribution < -0.4 is 14.8 Å². The molecule has 1 aliphatic rings. The third-order valence-corrected chi connectivity index (χ3v) is 5.84. The van der Waals surface area contributed by atoms with Gasteiger partial charge in [-0.2, -0.15) is 0 Å². The Morgan fingerprint density at radius 1 is 1.24 bits per heavy atom. The average Bonchev–Trinajstić information content (AvgIpc) is 3.04. The SMILES string of the molecule is COc1cc([C@@H]2SCC(=O)Nc3ncn(-c4cccc(F)c4)c32)cc(OC)c1O. The fourth-order valence-electron chi connectivity index (χ4n) is 3.26. The van der Waals surface area contributed by atoms with E-state index in [-0.39, 0.29) is 40.0 Å². The summed E-state index contributed by atoms with van der Waals surface area (Å²) in [5.74, 6) is 0.450. The van der Waals surface area contributed by atoms with Crippen LogP contribution in [0.15, 0.2) is 42.7 Å². The minimum atomic E-state index is -0.375. The Hall–Kier alpha value is -3.20. The van der Waals surface area contributed by atoms with Crippen LogP contribution in [0.5, 0.6) is 17.2 Å². The molecule has 150 valence electrons. The third kappa shape index (κ3) is 3.49. The van der Waals surface area contributed by atoms with Gasteiger partial charge in [0, 0.05) is 5.69 Å². The molecular formula is C20H18FN3O4S. The molecule has 4 rings (SSSR count). The van der Waals surface area contributed by atoms with Crippen LogP contribution in [0.25, 0.3) is 5.69 Å². The van der Waals surface area contributed by atoms with Gasteiger partial charge >= 0.3 is 0 Å². The quantitative estimate of drug-likeness (QED) is 0.678. The number of anilines is 1. The van der Waals surface area contributed by atoms with E-state index >= 15 is 0 Å². The zero-order valence-corrected chi connectivity index (χ0v) is 16.5. The number of carbonyl (C=O) groups excluding carboxylic acids is 1. The predicted octanol–water partition coefficient (Wildman–Crippen LogP) is 3.51. The molecule has 1 atom stereocenters. The first-order valence-electron chi connectivity index (χ1n) is 8.71. The maximum absolute atomic E-state index is 13.8. The van der Waals surface area contributed by atoms with Crippen molar-refractivity contribution in [3.63, 3.8) is 0 Å². The Kier molecular flexibility index (Phi) is 5.06. The predicted molar refractivity (Wildman–Crippen MR) is 108 cm³/mol. The molecule has 0 saturated heterocycles. The van der Waals surface area contributed by atoms with Crippen molar-refractivity contribution in [3.8, 4) is 22.9 Å².